The molecule has 0 atom stereocenters. The second kappa shape index (κ2) is 4.65. The zero-order valence-corrected chi connectivity index (χ0v) is 8.40. The smallest absolute Gasteiger partial charge is 0.228 e. The van der Waals surface area contributed by atoms with Crippen LogP contribution in [0.25, 0.3) is 11.5 Å². The van der Waals surface area contributed by atoms with Crippen molar-refractivity contribution in [3.63, 3.8) is 0 Å². The van der Waals surface area contributed by atoms with E-state index in [-0.39, 0.29) is 0 Å². The van der Waals surface area contributed by atoms with E-state index in [0.29, 0.717) is 17.4 Å². The van der Waals surface area contributed by atoms with E-state index in [2.05, 4.69) is 37.8 Å². The van der Waals surface area contributed by atoms with Crippen molar-refractivity contribution in [2.45, 2.75) is 13.3 Å². The molecule has 2 N–H and O–H groups in total. The van der Waals surface area contributed by atoms with Crippen LogP contribution < -0.4 is 5.32 Å². The molecule has 0 unspecified atom stereocenters. The highest BCUT2D eigenvalue weighted by Crippen LogP contribution is 2.10. The zero-order chi connectivity index (χ0) is 10.5. The number of hydrogen-bond donors (Lipinski definition) is 2. The molecule has 7 heteroatoms. The molecule has 2 heterocycles. The molecule has 0 radical (unpaired) electrons. The Hall–Kier alpha value is -1.76. The molecule has 0 fully saturated rings. The molecule has 0 saturated heterocycles. The number of rotatable bonds is 5. The zero-order valence-electron chi connectivity index (χ0n) is 8.40. The van der Waals surface area contributed by atoms with Crippen LogP contribution in [0.15, 0.2) is 10.7 Å². The average Bonchev–Trinajstić information content (AvgIpc) is 2.87. The molecular weight excluding hydrogens is 196 g/mol. The maximum atomic E-state index is 5.05. The fraction of sp³-hybridized carbons (Fsp3) is 0.500. The van der Waals surface area contributed by atoms with Crippen LogP contribution in [0, 0.1) is 0 Å². The molecule has 2 aromatic heterocycles. The fourth-order valence-electron chi connectivity index (χ4n) is 1.14. The van der Waals surface area contributed by atoms with Gasteiger partial charge in [-0.05, 0) is 6.54 Å². The largest absolute Gasteiger partial charge is 0.339 e. The van der Waals surface area contributed by atoms with Gasteiger partial charge in [-0.1, -0.05) is 12.1 Å². The first kappa shape index (κ1) is 9.78. The van der Waals surface area contributed by atoms with Crippen LogP contribution in [-0.4, -0.2) is 38.6 Å². The lowest BCUT2D eigenvalue weighted by atomic mass is 10.4. The number of H-pyrrole nitrogens is 1. The molecule has 0 aliphatic carbocycles. The Labute approximate surface area is 86.3 Å². The Kier molecular flexibility index (Phi) is 3.03. The molecule has 80 valence electrons. The van der Waals surface area contributed by atoms with Gasteiger partial charge in [0, 0.05) is 13.0 Å². The summed E-state index contributed by atoms with van der Waals surface area (Å²) in [6, 6.07) is 0. The van der Waals surface area contributed by atoms with Crippen LogP contribution in [0.2, 0.25) is 0 Å². The molecule has 0 aliphatic rings. The minimum Gasteiger partial charge on any atom is -0.339 e. The van der Waals surface area contributed by atoms with Crippen LogP contribution >= 0.6 is 0 Å². The summed E-state index contributed by atoms with van der Waals surface area (Å²) in [5, 5.41) is 17.0. The second-order valence-corrected chi connectivity index (χ2v) is 2.97. The van der Waals surface area contributed by atoms with Crippen molar-refractivity contribution in [3.8, 4) is 11.5 Å². The maximum Gasteiger partial charge on any atom is 0.228 e. The van der Waals surface area contributed by atoms with Gasteiger partial charge in [0.25, 0.3) is 0 Å². The topological polar surface area (TPSA) is 92.5 Å². The summed E-state index contributed by atoms with van der Waals surface area (Å²) in [5.41, 5.74) is 0.591. The van der Waals surface area contributed by atoms with Crippen molar-refractivity contribution in [3.05, 3.63) is 12.1 Å². The standard InChI is InChI=1S/C8H12N6O/c1-2-9-4-3-7-11-8(13-15-7)6-5-10-14-12-6/h5,9H,2-4H2,1H3,(H,10,12,14). The molecule has 0 saturated carbocycles. The number of aromatic amines is 1. The highest BCUT2D eigenvalue weighted by molar-refractivity contribution is 5.44. The fourth-order valence-corrected chi connectivity index (χ4v) is 1.14. The normalized spacial score (nSPS) is 10.7. The highest BCUT2D eigenvalue weighted by Gasteiger charge is 2.09. The van der Waals surface area contributed by atoms with E-state index in [4.69, 9.17) is 4.52 Å². The Morgan fingerprint density at radius 2 is 2.47 bits per heavy atom. The Balaban J connectivity index is 1.98. The summed E-state index contributed by atoms with van der Waals surface area (Å²) in [6.45, 7) is 3.82. The number of hydrogen-bond acceptors (Lipinski definition) is 6. The van der Waals surface area contributed by atoms with Crippen LogP contribution in [0.4, 0.5) is 0 Å². The van der Waals surface area contributed by atoms with E-state index in [1.165, 1.54) is 0 Å². The minimum atomic E-state index is 0.468. The van der Waals surface area contributed by atoms with Crippen LogP contribution in [-0.2, 0) is 6.42 Å². The van der Waals surface area contributed by atoms with E-state index in [1.54, 1.807) is 6.20 Å². The SMILES string of the molecule is CCNCCc1nc(-c2cn[nH]n2)no1. The van der Waals surface area contributed by atoms with Gasteiger partial charge >= 0.3 is 0 Å². The Bertz CT molecular complexity index is 395. The van der Waals surface area contributed by atoms with Crippen molar-refractivity contribution in [1.82, 2.24) is 30.9 Å². The average molecular weight is 208 g/mol. The highest BCUT2D eigenvalue weighted by atomic mass is 16.5. The van der Waals surface area contributed by atoms with Gasteiger partial charge in [0.05, 0.1) is 6.20 Å². The quantitative estimate of drug-likeness (QED) is 0.672. The van der Waals surface area contributed by atoms with Crippen molar-refractivity contribution in [1.29, 1.82) is 0 Å². The Morgan fingerprint density at radius 1 is 1.53 bits per heavy atom. The van der Waals surface area contributed by atoms with Crippen molar-refractivity contribution in [2.24, 2.45) is 0 Å². The summed E-state index contributed by atoms with van der Waals surface area (Å²) < 4.78 is 5.05. The van der Waals surface area contributed by atoms with Crippen molar-refractivity contribution in [2.75, 3.05) is 13.1 Å². The molecule has 2 rings (SSSR count). The van der Waals surface area contributed by atoms with Gasteiger partial charge in [-0.2, -0.15) is 20.4 Å². The van der Waals surface area contributed by atoms with Crippen molar-refractivity contribution >= 4 is 0 Å². The lowest BCUT2D eigenvalue weighted by Crippen LogP contribution is -2.16. The van der Waals surface area contributed by atoms with Crippen LogP contribution in [0.1, 0.15) is 12.8 Å². The Morgan fingerprint density at radius 3 is 3.20 bits per heavy atom. The molecule has 0 aliphatic heterocycles. The van der Waals surface area contributed by atoms with Gasteiger partial charge in [0.15, 0.2) is 5.69 Å². The molecule has 0 spiro atoms. The molecule has 7 nitrogen and oxygen atoms in total. The second-order valence-electron chi connectivity index (χ2n) is 2.97. The third-order valence-corrected chi connectivity index (χ3v) is 1.88. The van der Waals surface area contributed by atoms with Gasteiger partial charge in [-0.3, -0.25) is 0 Å². The first-order valence-electron chi connectivity index (χ1n) is 4.79. The van der Waals surface area contributed by atoms with Crippen LogP contribution in [0.3, 0.4) is 0 Å². The van der Waals surface area contributed by atoms with Gasteiger partial charge in [0.2, 0.25) is 11.7 Å². The predicted molar refractivity (Wildman–Crippen MR) is 51.9 cm³/mol. The third-order valence-electron chi connectivity index (χ3n) is 1.88. The van der Waals surface area contributed by atoms with Gasteiger partial charge < -0.3 is 9.84 Å². The van der Waals surface area contributed by atoms with E-state index >= 15 is 0 Å². The molecule has 0 amide bonds. The minimum absolute atomic E-state index is 0.468. The van der Waals surface area contributed by atoms with E-state index < -0.39 is 0 Å². The van der Waals surface area contributed by atoms with Crippen molar-refractivity contribution < 1.29 is 4.52 Å². The third kappa shape index (κ3) is 2.38. The van der Waals surface area contributed by atoms with Gasteiger partial charge in [-0.25, -0.2) is 0 Å². The van der Waals surface area contributed by atoms with E-state index in [0.717, 1.165) is 19.5 Å². The molecule has 0 aromatic carbocycles. The summed E-state index contributed by atoms with van der Waals surface area (Å²) in [7, 11) is 0. The lowest BCUT2D eigenvalue weighted by Gasteiger charge is -1.94. The van der Waals surface area contributed by atoms with E-state index in [1.807, 2.05) is 0 Å². The number of nitrogens with zero attached hydrogens (tertiary/aromatic N) is 4. The van der Waals surface area contributed by atoms with Gasteiger partial charge in [-0.15, -0.1) is 0 Å². The first-order chi connectivity index (χ1) is 7.40. The summed E-state index contributed by atoms with van der Waals surface area (Å²) in [6.07, 6.45) is 2.28. The predicted octanol–water partition coefficient (Wildman–Crippen LogP) is 0.00670. The summed E-state index contributed by atoms with van der Waals surface area (Å²) >= 11 is 0. The molecule has 15 heavy (non-hydrogen) atoms. The number of aromatic nitrogens is 5. The number of nitrogens with one attached hydrogen (secondary N) is 2. The summed E-state index contributed by atoms with van der Waals surface area (Å²) in [4.78, 5) is 4.18. The summed E-state index contributed by atoms with van der Waals surface area (Å²) in [5.74, 6) is 1.07. The molecule has 2 aromatic rings. The monoisotopic (exact) mass is 208 g/mol. The lowest BCUT2D eigenvalue weighted by molar-refractivity contribution is 0.376. The maximum absolute atomic E-state index is 5.05. The van der Waals surface area contributed by atoms with Crippen LogP contribution in [0.5, 0.6) is 0 Å². The first-order valence-corrected chi connectivity index (χ1v) is 4.79. The number of likely N-dealkylation sites (N-methyl/N-ethyl adjacent to an activating group) is 1. The van der Waals surface area contributed by atoms with Gasteiger partial charge in [0.1, 0.15) is 0 Å². The molecular formula is C8H12N6O. The molecule has 0 bridgehead atoms. The van der Waals surface area contributed by atoms with E-state index in [9.17, 15) is 0 Å².